The highest BCUT2D eigenvalue weighted by atomic mass is 19.1. The molecule has 2 atom stereocenters. The van der Waals surface area contributed by atoms with Crippen LogP contribution >= 0.6 is 0 Å². The van der Waals surface area contributed by atoms with Gasteiger partial charge in [0.2, 0.25) is 5.96 Å². The van der Waals surface area contributed by atoms with Crippen LogP contribution in [0.3, 0.4) is 0 Å². The molecule has 0 aliphatic carbocycles. The molecule has 0 fully saturated rings. The zero-order valence-corrected chi connectivity index (χ0v) is 17.4. The zero-order valence-electron chi connectivity index (χ0n) is 17.4. The molecular formula is C19H23F2N11O. The second-order valence-corrected chi connectivity index (χ2v) is 6.82. The molecule has 2 unspecified atom stereocenters. The van der Waals surface area contributed by atoms with Crippen LogP contribution in [0.1, 0.15) is 17.2 Å². The Morgan fingerprint density at radius 1 is 1.30 bits per heavy atom. The van der Waals surface area contributed by atoms with Crippen molar-refractivity contribution in [1.82, 2.24) is 10.6 Å². The number of nitrogens with two attached hydrogens (primary N) is 2. The number of guanidine groups is 1. The number of aliphatic imine (C=N–C) groups is 1. The maximum atomic E-state index is 14.5. The molecule has 1 aliphatic heterocycles. The number of hydrogen-bond donors (Lipinski definition) is 5. The van der Waals surface area contributed by atoms with E-state index in [4.69, 9.17) is 21.8 Å². The number of anilines is 1. The van der Waals surface area contributed by atoms with Crippen molar-refractivity contribution >= 4 is 11.6 Å². The van der Waals surface area contributed by atoms with Gasteiger partial charge >= 0.3 is 0 Å². The Hall–Kier alpha value is -4.00. The Labute approximate surface area is 187 Å². The summed E-state index contributed by atoms with van der Waals surface area (Å²) >= 11 is 0. The van der Waals surface area contributed by atoms with Crippen LogP contribution < -0.4 is 32.3 Å². The molecule has 0 aromatic heterocycles. The summed E-state index contributed by atoms with van der Waals surface area (Å²) in [7, 11) is 0. The van der Waals surface area contributed by atoms with Crippen LogP contribution in [0, 0.1) is 11.6 Å². The van der Waals surface area contributed by atoms with Gasteiger partial charge in [-0.2, -0.15) is 0 Å². The molecule has 0 saturated carbocycles. The van der Waals surface area contributed by atoms with E-state index in [1.54, 1.807) is 24.3 Å². The third kappa shape index (κ3) is 6.26. The second-order valence-electron chi connectivity index (χ2n) is 6.82. The molecular weight excluding hydrogens is 436 g/mol. The van der Waals surface area contributed by atoms with Gasteiger partial charge in [-0.1, -0.05) is 33.7 Å². The molecule has 1 aliphatic rings. The fourth-order valence-corrected chi connectivity index (χ4v) is 3.18. The summed E-state index contributed by atoms with van der Waals surface area (Å²) in [5, 5.41) is 19.3. The molecule has 33 heavy (non-hydrogen) atoms. The molecule has 0 bridgehead atoms. The summed E-state index contributed by atoms with van der Waals surface area (Å²) in [5.74, 6) is 3.78. The number of ether oxygens (including phenoxy) is 1. The smallest absolute Gasteiger partial charge is 0.242 e. The van der Waals surface area contributed by atoms with E-state index < -0.39 is 23.8 Å². The standard InChI is InChI=1S/C19H23F2N11O/c20-14-7-11(33-6-5-28-31-23)8-15(21)13(14)9-25-16-4-2-1-3-12(16)17(22)18-26-10-27-19(29-18)30-32-24/h1-4,7-8,17-18,25-26H,5-6,9-10,22H2,(H3,24,27,29,30). The molecule has 0 amide bonds. The van der Waals surface area contributed by atoms with Gasteiger partial charge in [-0.25, -0.2) is 13.8 Å². The van der Waals surface area contributed by atoms with Crippen LogP contribution in [0.2, 0.25) is 0 Å². The monoisotopic (exact) mass is 459 g/mol. The highest BCUT2D eigenvalue weighted by molar-refractivity contribution is 5.81. The normalized spacial score (nSPS) is 16.5. The van der Waals surface area contributed by atoms with Crippen LogP contribution in [0.25, 0.3) is 10.4 Å². The van der Waals surface area contributed by atoms with Gasteiger partial charge in [0, 0.05) is 34.8 Å². The lowest BCUT2D eigenvalue weighted by atomic mass is 10.0. The fraction of sp³-hybridized carbons (Fsp3) is 0.316. The quantitative estimate of drug-likeness (QED) is 0.0957. The molecule has 174 valence electrons. The minimum absolute atomic E-state index is 0.00542. The van der Waals surface area contributed by atoms with Crippen molar-refractivity contribution < 1.29 is 13.5 Å². The van der Waals surface area contributed by atoms with Gasteiger partial charge in [-0.3, -0.25) is 5.32 Å². The number of para-hydroxylation sites is 1. The summed E-state index contributed by atoms with van der Waals surface area (Å²) in [6.07, 6.45) is -0.429. The number of nitrogens with one attached hydrogen (secondary N) is 3. The van der Waals surface area contributed by atoms with Crippen LogP contribution in [0.15, 0.2) is 56.8 Å². The molecule has 0 saturated heterocycles. The molecule has 7 N–H and O–H groups in total. The van der Waals surface area contributed by atoms with E-state index in [0.717, 1.165) is 12.1 Å². The Morgan fingerprint density at radius 2 is 2.06 bits per heavy atom. The van der Waals surface area contributed by atoms with Crippen molar-refractivity contribution in [3.63, 3.8) is 0 Å². The fourth-order valence-electron chi connectivity index (χ4n) is 3.18. The van der Waals surface area contributed by atoms with Crippen LogP contribution in [-0.2, 0) is 6.54 Å². The van der Waals surface area contributed by atoms with Gasteiger partial charge in [0.05, 0.1) is 25.9 Å². The average Bonchev–Trinajstić information content (AvgIpc) is 2.81. The van der Waals surface area contributed by atoms with E-state index in [1.165, 1.54) is 0 Å². The minimum atomic E-state index is -0.772. The number of hydrogen-bond acceptors (Lipinski definition) is 9. The lowest BCUT2D eigenvalue weighted by Crippen LogP contribution is -2.54. The Morgan fingerprint density at radius 3 is 2.79 bits per heavy atom. The number of halogens is 2. The Balaban J connectivity index is 1.70. The van der Waals surface area contributed by atoms with Gasteiger partial charge in [0.1, 0.15) is 23.5 Å². The average molecular weight is 459 g/mol. The highest BCUT2D eigenvalue weighted by Crippen LogP contribution is 2.26. The number of rotatable bonds is 9. The molecule has 0 radical (unpaired) electrons. The number of nitrogens with zero attached hydrogens (tertiary/aromatic N) is 6. The maximum Gasteiger partial charge on any atom is 0.242 e. The van der Waals surface area contributed by atoms with Gasteiger partial charge in [0.15, 0.2) is 0 Å². The summed E-state index contributed by atoms with van der Waals surface area (Å²) in [6.45, 7) is 0.199. The first-order valence-corrected chi connectivity index (χ1v) is 9.88. The van der Waals surface area contributed by atoms with Gasteiger partial charge in [-0.15, -0.1) is 0 Å². The van der Waals surface area contributed by atoms with Crippen molar-refractivity contribution in [2.24, 2.45) is 32.0 Å². The van der Waals surface area contributed by atoms with Crippen molar-refractivity contribution in [1.29, 1.82) is 0 Å². The summed E-state index contributed by atoms with van der Waals surface area (Å²) in [4.78, 5) is 6.65. The van der Waals surface area contributed by atoms with Gasteiger partial charge in [-0.05, 0) is 17.2 Å². The van der Waals surface area contributed by atoms with E-state index in [-0.39, 0.29) is 43.6 Å². The van der Waals surface area contributed by atoms with Crippen LogP contribution in [-0.4, -0.2) is 31.9 Å². The summed E-state index contributed by atoms with van der Waals surface area (Å²) in [5.41, 5.74) is 15.8. The second kappa shape index (κ2) is 11.6. The lowest BCUT2D eigenvalue weighted by Gasteiger charge is -2.30. The number of azide groups is 1. The van der Waals surface area contributed by atoms with Crippen LogP contribution in [0.4, 0.5) is 14.5 Å². The molecule has 1 heterocycles. The largest absolute Gasteiger partial charge is 0.493 e. The minimum Gasteiger partial charge on any atom is -0.493 e. The third-order valence-corrected chi connectivity index (χ3v) is 4.75. The third-order valence-electron chi connectivity index (χ3n) is 4.75. The molecule has 2 aromatic carbocycles. The first kappa shape index (κ1) is 23.7. The summed E-state index contributed by atoms with van der Waals surface area (Å²) < 4.78 is 34.3. The molecule has 0 spiro atoms. The van der Waals surface area contributed by atoms with E-state index in [1.807, 2.05) is 0 Å². The molecule has 2 aromatic rings. The highest BCUT2D eigenvalue weighted by Gasteiger charge is 2.25. The van der Waals surface area contributed by atoms with Gasteiger partial charge < -0.3 is 26.9 Å². The van der Waals surface area contributed by atoms with Gasteiger partial charge in [0.25, 0.3) is 0 Å². The summed E-state index contributed by atoms with van der Waals surface area (Å²) in [6, 6.07) is 8.75. The van der Waals surface area contributed by atoms with E-state index in [9.17, 15) is 8.78 Å². The predicted octanol–water partition coefficient (Wildman–Crippen LogP) is 2.42. The maximum absolute atomic E-state index is 14.5. The van der Waals surface area contributed by atoms with E-state index in [2.05, 4.69) is 41.3 Å². The molecule has 3 rings (SSSR count). The van der Waals surface area contributed by atoms with Crippen molar-refractivity contribution in [2.45, 2.75) is 18.8 Å². The Bertz CT molecular complexity index is 1050. The zero-order chi connectivity index (χ0) is 23.6. The van der Waals surface area contributed by atoms with Crippen LogP contribution in [0.5, 0.6) is 5.75 Å². The lowest BCUT2D eigenvalue weighted by molar-refractivity contribution is 0.323. The molecule has 12 nitrogen and oxygen atoms in total. The Kier molecular flexibility index (Phi) is 8.30. The van der Waals surface area contributed by atoms with Crippen molar-refractivity contribution in [3.05, 3.63) is 69.6 Å². The first-order chi connectivity index (χ1) is 16.0. The SMILES string of the molecule is [N-]=[N+]=NCCOc1cc(F)c(CNc2ccccc2C(N)C2NCN=C(N=NN)N2)c(F)c1. The number of benzene rings is 2. The first-order valence-electron chi connectivity index (χ1n) is 9.88. The molecule has 14 heteroatoms. The predicted molar refractivity (Wildman–Crippen MR) is 118 cm³/mol. The van der Waals surface area contributed by atoms with Crippen molar-refractivity contribution in [3.8, 4) is 5.75 Å². The topological polar surface area (TPSA) is 183 Å². The van der Waals surface area contributed by atoms with Crippen molar-refractivity contribution in [2.75, 3.05) is 25.1 Å². The van der Waals surface area contributed by atoms with E-state index >= 15 is 0 Å². The van der Waals surface area contributed by atoms with E-state index in [0.29, 0.717) is 11.3 Å².